The van der Waals surface area contributed by atoms with Gasteiger partial charge in [-0.3, -0.25) is 0 Å². The third-order valence-corrected chi connectivity index (χ3v) is 4.37. The number of ether oxygens (including phenoxy) is 1. The molecule has 0 aliphatic heterocycles. The topological polar surface area (TPSA) is 35.2 Å². The molecule has 106 valence electrons. The second-order valence-corrected chi connectivity index (χ2v) is 6.35. The van der Waals surface area contributed by atoms with Crippen LogP contribution in [0.5, 0.6) is 11.5 Å². The summed E-state index contributed by atoms with van der Waals surface area (Å²) in [4.78, 5) is 0. The molecule has 2 aromatic rings. The van der Waals surface area contributed by atoms with Gasteiger partial charge in [-0.15, -0.1) is 0 Å². The standard InChI is InChI=1S/C14H11BrCl3NO/c1-7(19)9-3-2-8(4-10(9)15)20-14-6-12(17)11(16)5-13(14)18/h2-7H,19H2,1H3/t7-/m0/s1. The van der Waals surface area contributed by atoms with E-state index in [-0.39, 0.29) is 6.04 Å². The van der Waals surface area contributed by atoms with Crippen molar-refractivity contribution in [1.82, 2.24) is 0 Å². The van der Waals surface area contributed by atoms with Crippen LogP contribution >= 0.6 is 50.7 Å². The molecule has 0 fully saturated rings. The van der Waals surface area contributed by atoms with Gasteiger partial charge in [0.25, 0.3) is 0 Å². The van der Waals surface area contributed by atoms with Crippen LogP contribution in [-0.2, 0) is 0 Å². The van der Waals surface area contributed by atoms with Gasteiger partial charge in [0.15, 0.2) is 0 Å². The van der Waals surface area contributed by atoms with E-state index in [1.165, 1.54) is 0 Å². The normalized spacial score (nSPS) is 12.3. The van der Waals surface area contributed by atoms with Crippen molar-refractivity contribution >= 4 is 50.7 Å². The van der Waals surface area contributed by atoms with E-state index in [2.05, 4.69) is 15.9 Å². The summed E-state index contributed by atoms with van der Waals surface area (Å²) in [5.41, 5.74) is 6.85. The highest BCUT2D eigenvalue weighted by Crippen LogP contribution is 2.37. The molecule has 2 nitrogen and oxygen atoms in total. The van der Waals surface area contributed by atoms with E-state index >= 15 is 0 Å². The van der Waals surface area contributed by atoms with Crippen LogP contribution in [0.4, 0.5) is 0 Å². The quantitative estimate of drug-likeness (QED) is 0.626. The summed E-state index contributed by atoms with van der Waals surface area (Å²) in [6, 6.07) is 8.62. The van der Waals surface area contributed by atoms with E-state index in [9.17, 15) is 0 Å². The van der Waals surface area contributed by atoms with Crippen molar-refractivity contribution in [3.63, 3.8) is 0 Å². The lowest BCUT2D eigenvalue weighted by atomic mass is 10.1. The maximum atomic E-state index is 6.07. The second kappa shape index (κ2) is 6.54. The molecule has 0 aromatic heterocycles. The average Bonchev–Trinajstić information content (AvgIpc) is 2.35. The predicted octanol–water partition coefficient (Wildman–Crippen LogP) is 6.22. The fraction of sp³-hybridized carbons (Fsp3) is 0.143. The van der Waals surface area contributed by atoms with E-state index < -0.39 is 0 Å². The molecule has 6 heteroatoms. The Morgan fingerprint density at radius 1 is 1.05 bits per heavy atom. The van der Waals surface area contributed by atoms with Gasteiger partial charge in [0, 0.05) is 16.6 Å². The van der Waals surface area contributed by atoms with Crippen molar-refractivity contribution in [3.8, 4) is 11.5 Å². The van der Waals surface area contributed by atoms with Gasteiger partial charge in [-0.25, -0.2) is 0 Å². The van der Waals surface area contributed by atoms with E-state index in [4.69, 9.17) is 45.3 Å². The second-order valence-electron chi connectivity index (χ2n) is 4.27. The van der Waals surface area contributed by atoms with Gasteiger partial charge >= 0.3 is 0 Å². The first-order valence-electron chi connectivity index (χ1n) is 5.76. The molecule has 0 spiro atoms. The fourth-order valence-electron chi connectivity index (χ4n) is 1.65. The first-order chi connectivity index (χ1) is 9.38. The van der Waals surface area contributed by atoms with Crippen LogP contribution in [0.1, 0.15) is 18.5 Å². The summed E-state index contributed by atoms with van der Waals surface area (Å²) >= 11 is 21.4. The minimum absolute atomic E-state index is 0.0630. The lowest BCUT2D eigenvalue weighted by Crippen LogP contribution is -2.05. The van der Waals surface area contributed by atoms with E-state index in [0.29, 0.717) is 26.6 Å². The highest BCUT2D eigenvalue weighted by atomic mass is 79.9. The predicted molar refractivity (Wildman–Crippen MR) is 88.3 cm³/mol. The molecule has 2 aromatic carbocycles. The van der Waals surface area contributed by atoms with Gasteiger partial charge in [-0.2, -0.15) is 0 Å². The largest absolute Gasteiger partial charge is 0.456 e. The Morgan fingerprint density at radius 2 is 1.70 bits per heavy atom. The molecule has 0 saturated carbocycles. The minimum atomic E-state index is -0.0630. The molecule has 0 aliphatic carbocycles. The first-order valence-corrected chi connectivity index (χ1v) is 7.68. The summed E-state index contributed by atoms with van der Waals surface area (Å²) < 4.78 is 6.59. The lowest BCUT2D eigenvalue weighted by molar-refractivity contribution is 0.482. The van der Waals surface area contributed by atoms with E-state index in [1.54, 1.807) is 12.1 Å². The lowest BCUT2D eigenvalue weighted by Gasteiger charge is -2.12. The molecule has 0 amide bonds. The molecule has 0 heterocycles. The number of hydrogen-bond donors (Lipinski definition) is 1. The van der Waals surface area contributed by atoms with E-state index in [1.807, 2.05) is 25.1 Å². The van der Waals surface area contributed by atoms with Gasteiger partial charge in [-0.05, 0) is 30.7 Å². The van der Waals surface area contributed by atoms with Crippen LogP contribution in [-0.4, -0.2) is 0 Å². The minimum Gasteiger partial charge on any atom is -0.456 e. The zero-order valence-corrected chi connectivity index (χ0v) is 14.3. The molecule has 20 heavy (non-hydrogen) atoms. The molecular weight excluding hydrogens is 384 g/mol. The van der Waals surface area contributed by atoms with Crippen molar-refractivity contribution in [1.29, 1.82) is 0 Å². The number of halogens is 4. The Labute approximate surface area is 140 Å². The third-order valence-electron chi connectivity index (χ3n) is 2.67. The summed E-state index contributed by atoms with van der Waals surface area (Å²) in [7, 11) is 0. The molecule has 0 aliphatic rings. The molecule has 0 radical (unpaired) electrons. The molecule has 0 unspecified atom stereocenters. The van der Waals surface area contributed by atoms with Crippen molar-refractivity contribution < 1.29 is 4.74 Å². The molecular formula is C14H11BrCl3NO. The zero-order chi connectivity index (χ0) is 14.9. The Hall–Kier alpha value is -0.450. The fourth-order valence-corrected chi connectivity index (χ4v) is 2.94. The van der Waals surface area contributed by atoms with Gasteiger partial charge in [0.05, 0.1) is 15.1 Å². The summed E-state index contributed by atoms with van der Waals surface area (Å²) in [6.07, 6.45) is 0. The Morgan fingerprint density at radius 3 is 2.30 bits per heavy atom. The summed E-state index contributed by atoms with van der Waals surface area (Å²) in [5.74, 6) is 1.07. The molecule has 2 rings (SSSR count). The molecule has 0 saturated heterocycles. The highest BCUT2D eigenvalue weighted by Gasteiger charge is 2.10. The van der Waals surface area contributed by atoms with Gasteiger partial charge in [-0.1, -0.05) is 56.8 Å². The Balaban J connectivity index is 2.31. The summed E-state index contributed by atoms with van der Waals surface area (Å²) in [6.45, 7) is 1.91. The average molecular weight is 396 g/mol. The van der Waals surface area contributed by atoms with Crippen LogP contribution in [0.2, 0.25) is 15.1 Å². The third kappa shape index (κ3) is 3.60. The van der Waals surface area contributed by atoms with Gasteiger partial charge in [0.1, 0.15) is 11.5 Å². The van der Waals surface area contributed by atoms with Crippen molar-refractivity contribution in [2.24, 2.45) is 5.73 Å². The number of benzene rings is 2. The maximum Gasteiger partial charge on any atom is 0.147 e. The first kappa shape index (κ1) is 15.9. The van der Waals surface area contributed by atoms with E-state index in [0.717, 1.165) is 10.0 Å². The Bertz CT molecular complexity index is 647. The highest BCUT2D eigenvalue weighted by molar-refractivity contribution is 9.10. The molecule has 1 atom stereocenters. The maximum absolute atomic E-state index is 6.07. The smallest absolute Gasteiger partial charge is 0.147 e. The van der Waals surface area contributed by atoms with Crippen molar-refractivity contribution in [2.75, 3.05) is 0 Å². The molecule has 0 bridgehead atoms. The number of nitrogens with two attached hydrogens (primary N) is 1. The summed E-state index contributed by atoms with van der Waals surface area (Å²) in [5, 5.41) is 1.17. The number of hydrogen-bond acceptors (Lipinski definition) is 2. The van der Waals surface area contributed by atoms with Crippen LogP contribution in [0.3, 0.4) is 0 Å². The van der Waals surface area contributed by atoms with Crippen LogP contribution in [0.15, 0.2) is 34.8 Å². The Kier molecular flexibility index (Phi) is 5.21. The number of rotatable bonds is 3. The van der Waals surface area contributed by atoms with Crippen LogP contribution < -0.4 is 10.5 Å². The van der Waals surface area contributed by atoms with Crippen LogP contribution in [0.25, 0.3) is 0 Å². The molecule has 2 N–H and O–H groups in total. The van der Waals surface area contributed by atoms with Gasteiger partial charge < -0.3 is 10.5 Å². The van der Waals surface area contributed by atoms with Crippen molar-refractivity contribution in [2.45, 2.75) is 13.0 Å². The monoisotopic (exact) mass is 393 g/mol. The SMILES string of the molecule is C[C@H](N)c1ccc(Oc2cc(Cl)c(Cl)cc2Cl)cc1Br. The van der Waals surface area contributed by atoms with Gasteiger partial charge in [0.2, 0.25) is 0 Å². The van der Waals surface area contributed by atoms with Crippen LogP contribution in [0, 0.1) is 0 Å². The van der Waals surface area contributed by atoms with Crippen molar-refractivity contribution in [3.05, 3.63) is 55.4 Å². The zero-order valence-electron chi connectivity index (χ0n) is 10.5.